The lowest BCUT2D eigenvalue weighted by atomic mass is 9.79. The highest BCUT2D eigenvalue weighted by Crippen LogP contribution is 2.41. The van der Waals surface area contributed by atoms with Gasteiger partial charge in [0.25, 0.3) is 0 Å². The van der Waals surface area contributed by atoms with Gasteiger partial charge in [-0.1, -0.05) is 30.3 Å². The Balaban J connectivity index is 1.77. The molecular weight excluding hydrogens is 312 g/mol. The maximum atomic E-state index is 12.8. The van der Waals surface area contributed by atoms with Crippen LogP contribution in [0.3, 0.4) is 0 Å². The van der Waals surface area contributed by atoms with E-state index < -0.39 is 15.4 Å². The summed E-state index contributed by atoms with van der Waals surface area (Å²) in [4.78, 5) is 14.5. The Labute approximate surface area is 138 Å². The summed E-state index contributed by atoms with van der Waals surface area (Å²) in [5.41, 5.74) is 0.304. The minimum Gasteiger partial charge on any atom is -0.342 e. The molecule has 2 aliphatic heterocycles. The van der Waals surface area contributed by atoms with Crippen molar-refractivity contribution in [1.29, 1.82) is 0 Å². The molecule has 0 aromatic heterocycles. The van der Waals surface area contributed by atoms with Gasteiger partial charge in [-0.05, 0) is 31.7 Å². The van der Waals surface area contributed by atoms with Crippen LogP contribution < -0.4 is 0 Å². The average Bonchev–Trinajstić information content (AvgIpc) is 2.84. The highest BCUT2D eigenvalue weighted by molar-refractivity contribution is 7.88. The molecule has 2 fully saturated rings. The molecule has 0 radical (unpaired) electrons. The van der Waals surface area contributed by atoms with E-state index in [-0.39, 0.29) is 11.7 Å². The Morgan fingerprint density at radius 2 is 1.87 bits per heavy atom. The second-order valence-corrected chi connectivity index (χ2v) is 8.56. The predicted octanol–water partition coefficient (Wildman–Crippen LogP) is 1.85. The number of hydrogen-bond acceptors (Lipinski definition) is 3. The smallest absolute Gasteiger partial charge is 0.230 e. The van der Waals surface area contributed by atoms with Gasteiger partial charge in [-0.2, -0.15) is 0 Å². The number of carbonyl (C=O) groups is 1. The molecule has 0 bridgehead atoms. The summed E-state index contributed by atoms with van der Waals surface area (Å²) in [6, 6.07) is 9.24. The van der Waals surface area contributed by atoms with E-state index in [0.717, 1.165) is 31.4 Å². The van der Waals surface area contributed by atoms with Crippen molar-refractivity contribution < 1.29 is 13.2 Å². The zero-order valence-electron chi connectivity index (χ0n) is 13.6. The molecule has 6 heteroatoms. The van der Waals surface area contributed by atoms with Crippen LogP contribution in [0.25, 0.3) is 0 Å². The summed E-state index contributed by atoms with van der Waals surface area (Å²) in [6.45, 7) is 4.30. The van der Waals surface area contributed by atoms with Gasteiger partial charge in [0.1, 0.15) is 0 Å². The zero-order chi connectivity index (χ0) is 16.5. The van der Waals surface area contributed by atoms with E-state index in [0.29, 0.717) is 19.6 Å². The first kappa shape index (κ1) is 16.5. The number of rotatable bonds is 4. The lowest BCUT2D eigenvalue weighted by molar-refractivity contribution is -0.137. The fraction of sp³-hybridized carbons (Fsp3) is 0.588. The molecule has 0 saturated carbocycles. The number of hydrogen-bond donors (Lipinski definition) is 0. The van der Waals surface area contributed by atoms with Crippen molar-refractivity contribution in [3.8, 4) is 0 Å². The number of carbonyl (C=O) groups excluding carboxylic acids is 1. The molecule has 2 aliphatic rings. The van der Waals surface area contributed by atoms with Crippen molar-refractivity contribution >= 4 is 15.9 Å². The molecule has 5 nitrogen and oxygen atoms in total. The van der Waals surface area contributed by atoms with Crippen LogP contribution in [0.1, 0.15) is 31.7 Å². The Morgan fingerprint density at radius 3 is 2.52 bits per heavy atom. The fourth-order valence-corrected chi connectivity index (χ4v) is 5.42. The second-order valence-electron chi connectivity index (χ2n) is 6.59. The molecule has 1 amide bonds. The monoisotopic (exact) mass is 336 g/mol. The quantitative estimate of drug-likeness (QED) is 0.843. The molecule has 2 heterocycles. The third-order valence-corrected chi connectivity index (χ3v) is 6.91. The van der Waals surface area contributed by atoms with Gasteiger partial charge in [-0.15, -0.1) is 0 Å². The molecule has 3 rings (SSSR count). The molecular formula is C17H24N2O3S. The molecule has 0 aliphatic carbocycles. The number of piperidine rings is 1. The topological polar surface area (TPSA) is 57.7 Å². The molecule has 1 aromatic rings. The summed E-state index contributed by atoms with van der Waals surface area (Å²) >= 11 is 0. The van der Waals surface area contributed by atoms with Gasteiger partial charge in [0.05, 0.1) is 11.2 Å². The molecule has 0 N–H and O–H groups in total. The molecule has 126 valence electrons. The maximum absolute atomic E-state index is 12.8. The molecule has 1 atom stereocenters. The Hall–Kier alpha value is -1.40. The van der Waals surface area contributed by atoms with Crippen molar-refractivity contribution in [2.75, 3.05) is 26.2 Å². The second kappa shape index (κ2) is 6.24. The third kappa shape index (κ3) is 3.15. The number of sulfonamides is 1. The molecule has 23 heavy (non-hydrogen) atoms. The van der Waals surface area contributed by atoms with Crippen LogP contribution in [0.5, 0.6) is 0 Å². The maximum Gasteiger partial charge on any atom is 0.230 e. The van der Waals surface area contributed by atoms with Crippen molar-refractivity contribution in [3.05, 3.63) is 35.9 Å². The Bertz CT molecular complexity index is 674. The van der Waals surface area contributed by atoms with E-state index in [4.69, 9.17) is 0 Å². The van der Waals surface area contributed by atoms with Crippen LogP contribution in [0, 0.1) is 5.41 Å². The summed E-state index contributed by atoms with van der Waals surface area (Å²) in [5, 5.41) is 0. The van der Waals surface area contributed by atoms with Crippen LogP contribution >= 0.6 is 0 Å². The lowest BCUT2D eigenvalue weighted by Crippen LogP contribution is -2.50. The number of nitrogens with zero attached hydrogens (tertiary/aromatic N) is 2. The van der Waals surface area contributed by atoms with Crippen LogP contribution in [0.4, 0.5) is 0 Å². The number of benzene rings is 1. The first-order chi connectivity index (χ1) is 11.0. The van der Waals surface area contributed by atoms with Crippen molar-refractivity contribution in [2.45, 2.75) is 31.9 Å². The van der Waals surface area contributed by atoms with Gasteiger partial charge in [0.15, 0.2) is 0 Å². The van der Waals surface area contributed by atoms with Crippen LogP contribution in [-0.2, 0) is 20.6 Å². The van der Waals surface area contributed by atoms with Crippen LogP contribution in [-0.4, -0.2) is 49.7 Å². The standard InChI is InChI=1S/C17H24N2O3S/c1-2-18-12-10-17(16(18)20)9-6-11-19(14-17)23(21,22)13-15-7-4-3-5-8-15/h3-5,7-8H,2,6,9-14H2,1H3. The first-order valence-electron chi connectivity index (χ1n) is 8.28. The predicted molar refractivity (Wildman–Crippen MR) is 89.2 cm³/mol. The SMILES string of the molecule is CCN1CCC2(CCCN(S(=O)(=O)Cc3ccccc3)C2)C1=O. The number of amides is 1. The summed E-state index contributed by atoms with van der Waals surface area (Å²) < 4.78 is 27.0. The van der Waals surface area contributed by atoms with Crippen LogP contribution in [0.2, 0.25) is 0 Å². The largest absolute Gasteiger partial charge is 0.342 e. The van der Waals surface area contributed by atoms with Gasteiger partial charge < -0.3 is 4.90 Å². The van der Waals surface area contributed by atoms with Gasteiger partial charge in [-0.3, -0.25) is 4.79 Å². The van der Waals surface area contributed by atoms with E-state index in [2.05, 4.69) is 0 Å². The summed E-state index contributed by atoms with van der Waals surface area (Å²) in [5.74, 6) is 0.148. The molecule has 1 spiro atoms. The van der Waals surface area contributed by atoms with E-state index in [1.165, 1.54) is 0 Å². The van der Waals surface area contributed by atoms with Crippen molar-refractivity contribution in [1.82, 2.24) is 9.21 Å². The van der Waals surface area contributed by atoms with E-state index in [1.54, 1.807) is 4.31 Å². The van der Waals surface area contributed by atoms with Gasteiger partial charge in [-0.25, -0.2) is 12.7 Å². The average molecular weight is 336 g/mol. The first-order valence-corrected chi connectivity index (χ1v) is 9.89. The van der Waals surface area contributed by atoms with Crippen molar-refractivity contribution in [3.63, 3.8) is 0 Å². The minimum absolute atomic E-state index is 0.00953. The van der Waals surface area contributed by atoms with Gasteiger partial charge >= 0.3 is 0 Å². The van der Waals surface area contributed by atoms with Crippen molar-refractivity contribution in [2.24, 2.45) is 5.41 Å². The molecule has 1 aromatic carbocycles. The highest BCUT2D eigenvalue weighted by atomic mass is 32.2. The normalized spacial score (nSPS) is 26.1. The fourth-order valence-electron chi connectivity index (χ4n) is 3.78. The van der Waals surface area contributed by atoms with Crippen LogP contribution in [0.15, 0.2) is 30.3 Å². The Morgan fingerprint density at radius 1 is 1.13 bits per heavy atom. The highest BCUT2D eigenvalue weighted by Gasteiger charge is 2.50. The van der Waals surface area contributed by atoms with Gasteiger partial charge in [0, 0.05) is 26.2 Å². The summed E-state index contributed by atoms with van der Waals surface area (Å²) in [6.07, 6.45) is 2.34. The Kier molecular flexibility index (Phi) is 4.47. The molecule has 1 unspecified atom stereocenters. The molecule has 2 saturated heterocycles. The lowest BCUT2D eigenvalue weighted by Gasteiger charge is -2.38. The van der Waals surface area contributed by atoms with E-state index >= 15 is 0 Å². The van der Waals surface area contributed by atoms with E-state index in [9.17, 15) is 13.2 Å². The zero-order valence-corrected chi connectivity index (χ0v) is 14.4. The summed E-state index contributed by atoms with van der Waals surface area (Å²) in [7, 11) is -3.38. The van der Waals surface area contributed by atoms with Gasteiger partial charge in [0.2, 0.25) is 15.9 Å². The minimum atomic E-state index is -3.38. The third-order valence-electron chi connectivity index (χ3n) is 5.11. The van der Waals surface area contributed by atoms with E-state index in [1.807, 2.05) is 42.2 Å². The number of likely N-dealkylation sites (tertiary alicyclic amines) is 1.